The van der Waals surface area contributed by atoms with Crippen molar-refractivity contribution >= 4 is 23.4 Å². The molecule has 45 heavy (non-hydrogen) atoms. The lowest BCUT2D eigenvalue weighted by Gasteiger charge is -2.52. The van der Waals surface area contributed by atoms with Crippen LogP contribution in [0.25, 0.3) is 0 Å². The second-order valence-electron chi connectivity index (χ2n) is 13.0. The van der Waals surface area contributed by atoms with Gasteiger partial charge in [0.05, 0.1) is 6.10 Å². The highest BCUT2D eigenvalue weighted by Gasteiger charge is 2.55. The van der Waals surface area contributed by atoms with Crippen LogP contribution in [0.5, 0.6) is 11.5 Å². The first-order valence-electron chi connectivity index (χ1n) is 16.5. The predicted octanol–water partition coefficient (Wildman–Crippen LogP) is 4.32. The SMILES string of the molecule is CCCCN1C(=O)[C@@H]([C@H](O)C2CCOCC2)NC(=O)C12CCN(Cc1ccc(Oc3ccc(NC(=O)C(C)C)cc3)cc1)CC2. The number of aliphatic hydroxyl groups excluding tert-OH is 1. The number of carbonyl (C=O) groups excluding carboxylic acids is 3. The minimum absolute atomic E-state index is 0.0259. The Labute approximate surface area is 266 Å². The molecule has 3 saturated heterocycles. The molecular weight excluding hydrogens is 572 g/mol. The lowest BCUT2D eigenvalue weighted by atomic mass is 9.79. The molecule has 5 rings (SSSR count). The van der Waals surface area contributed by atoms with Crippen molar-refractivity contribution in [2.75, 3.05) is 38.2 Å². The molecule has 0 aliphatic carbocycles. The fraction of sp³-hybridized carbons (Fsp3) is 0.571. The zero-order chi connectivity index (χ0) is 32.0. The van der Waals surface area contributed by atoms with Crippen LogP contribution in [-0.2, 0) is 25.7 Å². The van der Waals surface area contributed by atoms with Gasteiger partial charge >= 0.3 is 0 Å². The molecule has 2 aromatic rings. The maximum Gasteiger partial charge on any atom is 0.248 e. The van der Waals surface area contributed by atoms with Crippen LogP contribution in [-0.4, -0.2) is 83.2 Å². The molecule has 3 aliphatic heterocycles. The molecule has 0 aromatic heterocycles. The molecule has 3 amide bonds. The Morgan fingerprint density at radius 3 is 2.27 bits per heavy atom. The minimum Gasteiger partial charge on any atom is -0.457 e. The van der Waals surface area contributed by atoms with E-state index < -0.39 is 17.7 Å². The summed E-state index contributed by atoms with van der Waals surface area (Å²) in [6.45, 7) is 9.57. The van der Waals surface area contributed by atoms with Gasteiger partial charge < -0.3 is 30.1 Å². The zero-order valence-electron chi connectivity index (χ0n) is 26.8. The predicted molar refractivity (Wildman–Crippen MR) is 172 cm³/mol. The van der Waals surface area contributed by atoms with Crippen molar-refractivity contribution < 1.29 is 29.0 Å². The van der Waals surface area contributed by atoms with Gasteiger partial charge in [0, 0.05) is 51.0 Å². The summed E-state index contributed by atoms with van der Waals surface area (Å²) in [5, 5.41) is 17.0. The van der Waals surface area contributed by atoms with Gasteiger partial charge in [-0.3, -0.25) is 19.3 Å². The summed E-state index contributed by atoms with van der Waals surface area (Å²) in [4.78, 5) is 43.6. The third kappa shape index (κ3) is 7.68. The van der Waals surface area contributed by atoms with E-state index in [2.05, 4.69) is 22.5 Å². The molecule has 3 heterocycles. The first-order valence-corrected chi connectivity index (χ1v) is 16.5. The molecule has 3 N–H and O–H groups in total. The van der Waals surface area contributed by atoms with Crippen LogP contribution in [0.2, 0.25) is 0 Å². The number of anilines is 1. The summed E-state index contributed by atoms with van der Waals surface area (Å²) in [6, 6.07) is 14.4. The van der Waals surface area contributed by atoms with E-state index in [-0.39, 0.29) is 29.6 Å². The van der Waals surface area contributed by atoms with Crippen LogP contribution in [0.4, 0.5) is 5.69 Å². The maximum atomic E-state index is 13.8. The largest absolute Gasteiger partial charge is 0.457 e. The van der Waals surface area contributed by atoms with Gasteiger partial charge in [-0.2, -0.15) is 0 Å². The Morgan fingerprint density at radius 1 is 1.04 bits per heavy atom. The number of amides is 3. The van der Waals surface area contributed by atoms with Crippen molar-refractivity contribution in [1.29, 1.82) is 0 Å². The number of aliphatic hydroxyl groups is 1. The van der Waals surface area contributed by atoms with E-state index >= 15 is 0 Å². The Kier molecular flexibility index (Phi) is 10.8. The smallest absolute Gasteiger partial charge is 0.248 e. The number of unbranched alkanes of at least 4 members (excludes halogenated alkanes) is 1. The van der Waals surface area contributed by atoms with E-state index in [1.807, 2.05) is 62.4 Å². The summed E-state index contributed by atoms with van der Waals surface area (Å²) in [7, 11) is 0. The number of rotatable bonds is 11. The van der Waals surface area contributed by atoms with Crippen molar-refractivity contribution in [2.24, 2.45) is 11.8 Å². The molecule has 1 spiro atoms. The van der Waals surface area contributed by atoms with Crippen LogP contribution >= 0.6 is 0 Å². The van der Waals surface area contributed by atoms with Crippen LogP contribution in [0, 0.1) is 11.8 Å². The second kappa shape index (κ2) is 14.7. The van der Waals surface area contributed by atoms with Crippen LogP contribution in [0.3, 0.4) is 0 Å². The highest BCUT2D eigenvalue weighted by molar-refractivity contribution is 6.00. The normalized spacial score (nSPS) is 21.5. The van der Waals surface area contributed by atoms with Gasteiger partial charge in [-0.05, 0) is 80.0 Å². The van der Waals surface area contributed by atoms with Gasteiger partial charge in [0.1, 0.15) is 23.1 Å². The van der Waals surface area contributed by atoms with Crippen molar-refractivity contribution in [3.8, 4) is 11.5 Å². The number of ether oxygens (including phenoxy) is 2. The van der Waals surface area contributed by atoms with E-state index in [0.717, 1.165) is 36.4 Å². The molecule has 0 unspecified atom stereocenters. The highest BCUT2D eigenvalue weighted by atomic mass is 16.5. The number of carbonyl (C=O) groups is 3. The topological polar surface area (TPSA) is 120 Å². The maximum absolute atomic E-state index is 13.8. The number of benzene rings is 2. The lowest BCUT2D eigenvalue weighted by molar-refractivity contribution is -0.166. The van der Waals surface area contributed by atoms with E-state index in [4.69, 9.17) is 9.47 Å². The second-order valence-corrected chi connectivity index (χ2v) is 13.0. The summed E-state index contributed by atoms with van der Waals surface area (Å²) >= 11 is 0. The highest BCUT2D eigenvalue weighted by Crippen LogP contribution is 2.36. The average Bonchev–Trinajstić information content (AvgIpc) is 3.05. The summed E-state index contributed by atoms with van der Waals surface area (Å²) < 4.78 is 11.4. The molecule has 0 saturated carbocycles. The number of hydrogen-bond donors (Lipinski definition) is 3. The van der Waals surface area contributed by atoms with Crippen molar-refractivity contribution in [3.63, 3.8) is 0 Å². The molecule has 10 nitrogen and oxygen atoms in total. The Hall–Kier alpha value is -3.47. The number of hydrogen-bond acceptors (Lipinski definition) is 7. The van der Waals surface area contributed by atoms with E-state index in [1.165, 1.54) is 0 Å². The van der Waals surface area contributed by atoms with E-state index in [0.29, 0.717) is 64.3 Å². The fourth-order valence-corrected chi connectivity index (χ4v) is 6.57. The molecule has 0 radical (unpaired) electrons. The average molecular weight is 621 g/mol. The molecule has 10 heteroatoms. The zero-order valence-corrected chi connectivity index (χ0v) is 26.8. The number of piperidine rings is 1. The van der Waals surface area contributed by atoms with Gasteiger partial charge in [-0.25, -0.2) is 0 Å². The summed E-state index contributed by atoms with van der Waals surface area (Å²) in [5.74, 6) is 0.947. The first kappa shape index (κ1) is 32.9. The number of likely N-dealkylation sites (tertiary alicyclic amines) is 1. The third-order valence-corrected chi connectivity index (χ3v) is 9.48. The Bertz CT molecular complexity index is 1300. The van der Waals surface area contributed by atoms with Gasteiger partial charge in [-0.1, -0.05) is 39.3 Å². The minimum atomic E-state index is -0.907. The van der Waals surface area contributed by atoms with Gasteiger partial charge in [0.15, 0.2) is 0 Å². The van der Waals surface area contributed by atoms with Crippen molar-refractivity contribution in [2.45, 2.75) is 83.5 Å². The van der Waals surface area contributed by atoms with Crippen molar-refractivity contribution in [1.82, 2.24) is 15.1 Å². The molecule has 2 atom stereocenters. The van der Waals surface area contributed by atoms with Crippen LogP contribution in [0.1, 0.15) is 64.9 Å². The number of nitrogens with one attached hydrogen (secondary N) is 2. The molecular formula is C35H48N4O6. The summed E-state index contributed by atoms with van der Waals surface area (Å²) in [5.41, 5.74) is 0.992. The van der Waals surface area contributed by atoms with E-state index in [9.17, 15) is 19.5 Å². The summed E-state index contributed by atoms with van der Waals surface area (Å²) in [6.07, 6.45) is 3.33. The van der Waals surface area contributed by atoms with Gasteiger partial charge in [-0.15, -0.1) is 0 Å². The molecule has 244 valence electrons. The van der Waals surface area contributed by atoms with Gasteiger partial charge in [0.2, 0.25) is 17.7 Å². The number of piperazine rings is 1. The molecule has 3 aliphatic rings. The third-order valence-electron chi connectivity index (χ3n) is 9.48. The molecule has 3 fully saturated rings. The standard InChI is InChI=1S/C35H48N4O6/c1-4-5-18-39-33(42)30(31(40)26-14-21-44-22-15-26)37-34(43)35(39)16-19-38(20-17-35)23-25-6-10-28(11-7-25)45-29-12-8-27(9-13-29)36-32(41)24(2)3/h6-13,24,26,30-31,40H,4-5,14-23H2,1-3H3,(H,36,41)(H,37,43)/t30-,31-/m1/s1. The quantitative estimate of drug-likeness (QED) is 0.342. The van der Waals surface area contributed by atoms with Crippen molar-refractivity contribution in [3.05, 3.63) is 54.1 Å². The first-order chi connectivity index (χ1) is 21.7. The van der Waals surface area contributed by atoms with E-state index in [1.54, 1.807) is 4.90 Å². The monoisotopic (exact) mass is 620 g/mol. The lowest BCUT2D eigenvalue weighted by Crippen LogP contribution is -2.75. The molecule has 0 bridgehead atoms. The molecule has 2 aromatic carbocycles. The number of nitrogens with zero attached hydrogens (tertiary/aromatic N) is 2. The van der Waals surface area contributed by atoms with Crippen LogP contribution < -0.4 is 15.4 Å². The van der Waals surface area contributed by atoms with Gasteiger partial charge in [0.25, 0.3) is 0 Å². The fourth-order valence-electron chi connectivity index (χ4n) is 6.57. The Balaban J connectivity index is 1.17. The Morgan fingerprint density at radius 2 is 1.67 bits per heavy atom. The van der Waals surface area contributed by atoms with Crippen LogP contribution in [0.15, 0.2) is 48.5 Å².